The number of hydrogen-bond acceptors (Lipinski definition) is 3. The van der Waals surface area contributed by atoms with Gasteiger partial charge in [-0.1, -0.05) is 13.8 Å². The number of imidazole rings is 1. The van der Waals surface area contributed by atoms with E-state index < -0.39 is 0 Å². The molecular formula is C13H23N3O. The maximum absolute atomic E-state index is 5.52. The number of nitrogens with one attached hydrogen (secondary N) is 2. The third-order valence-corrected chi connectivity index (χ3v) is 3.66. The summed E-state index contributed by atoms with van der Waals surface area (Å²) in [5.74, 6) is 2.39. The molecule has 0 bridgehead atoms. The van der Waals surface area contributed by atoms with Crippen LogP contribution in [0.25, 0.3) is 0 Å². The molecule has 2 heterocycles. The van der Waals surface area contributed by atoms with Gasteiger partial charge in [-0.25, -0.2) is 4.98 Å². The molecule has 0 aliphatic carbocycles. The molecule has 4 nitrogen and oxygen atoms in total. The van der Waals surface area contributed by atoms with Crippen molar-refractivity contribution in [3.63, 3.8) is 0 Å². The molecule has 2 N–H and O–H groups in total. The minimum Gasteiger partial charge on any atom is -0.381 e. The molecule has 2 rings (SSSR count). The summed E-state index contributed by atoms with van der Waals surface area (Å²) in [4.78, 5) is 7.53. The molecule has 1 fully saturated rings. The highest BCUT2D eigenvalue weighted by Crippen LogP contribution is 2.26. The smallest absolute Gasteiger partial charge is 0.107 e. The first-order valence-electron chi connectivity index (χ1n) is 6.60. The van der Waals surface area contributed by atoms with Gasteiger partial charge >= 0.3 is 0 Å². The van der Waals surface area contributed by atoms with E-state index in [1.807, 2.05) is 12.4 Å². The van der Waals surface area contributed by atoms with Crippen molar-refractivity contribution in [2.45, 2.75) is 32.7 Å². The van der Waals surface area contributed by atoms with Crippen LogP contribution >= 0.6 is 0 Å². The van der Waals surface area contributed by atoms with E-state index in [0.29, 0.717) is 17.9 Å². The minimum atomic E-state index is 0.505. The molecule has 96 valence electrons. The van der Waals surface area contributed by atoms with Crippen LogP contribution in [0, 0.1) is 11.8 Å². The predicted octanol–water partition coefficient (Wildman–Crippen LogP) is 1.60. The van der Waals surface area contributed by atoms with Crippen LogP contribution in [0.1, 0.15) is 26.1 Å². The summed E-state index contributed by atoms with van der Waals surface area (Å²) in [6.07, 6.45) is 5.85. The number of nitrogens with zero attached hydrogens (tertiary/aromatic N) is 1. The topological polar surface area (TPSA) is 49.9 Å². The lowest BCUT2D eigenvalue weighted by atomic mass is 9.82. The molecule has 1 aromatic rings. The van der Waals surface area contributed by atoms with Gasteiger partial charge in [0.25, 0.3) is 0 Å². The number of rotatable bonds is 5. The van der Waals surface area contributed by atoms with E-state index in [4.69, 9.17) is 4.74 Å². The third kappa shape index (κ3) is 3.30. The summed E-state index contributed by atoms with van der Waals surface area (Å²) in [6.45, 7) is 7.25. The molecular weight excluding hydrogens is 214 g/mol. The molecule has 3 unspecified atom stereocenters. The second-order valence-electron chi connectivity index (χ2n) is 4.91. The van der Waals surface area contributed by atoms with E-state index in [9.17, 15) is 0 Å². The fourth-order valence-corrected chi connectivity index (χ4v) is 2.75. The lowest BCUT2D eigenvalue weighted by Crippen LogP contribution is -2.44. The van der Waals surface area contributed by atoms with Crippen molar-refractivity contribution in [1.82, 2.24) is 15.3 Å². The summed E-state index contributed by atoms with van der Waals surface area (Å²) in [5.41, 5.74) is 0. The number of ether oxygens (including phenoxy) is 1. The number of aromatic nitrogens is 2. The molecule has 3 atom stereocenters. The van der Waals surface area contributed by atoms with E-state index in [2.05, 4.69) is 29.1 Å². The molecule has 1 saturated heterocycles. The summed E-state index contributed by atoms with van der Waals surface area (Å²) in [5, 5.41) is 3.61. The molecule has 1 aromatic heterocycles. The van der Waals surface area contributed by atoms with Crippen LogP contribution < -0.4 is 5.32 Å². The van der Waals surface area contributed by atoms with E-state index in [-0.39, 0.29) is 0 Å². The Kier molecular flexibility index (Phi) is 4.57. The zero-order chi connectivity index (χ0) is 12.1. The number of likely N-dealkylation sites (N-methyl/N-ethyl adjacent to an activating group) is 1. The molecule has 0 amide bonds. The average Bonchev–Trinajstić information content (AvgIpc) is 2.82. The Labute approximate surface area is 103 Å². The van der Waals surface area contributed by atoms with Crippen molar-refractivity contribution in [2.24, 2.45) is 11.8 Å². The summed E-state index contributed by atoms with van der Waals surface area (Å²) >= 11 is 0. The maximum Gasteiger partial charge on any atom is 0.107 e. The highest BCUT2D eigenvalue weighted by atomic mass is 16.5. The molecule has 17 heavy (non-hydrogen) atoms. The molecule has 0 spiro atoms. The van der Waals surface area contributed by atoms with Crippen molar-refractivity contribution < 1.29 is 4.74 Å². The molecule has 0 aromatic carbocycles. The van der Waals surface area contributed by atoms with Crippen LogP contribution in [-0.2, 0) is 11.2 Å². The molecule has 1 aliphatic rings. The van der Waals surface area contributed by atoms with Crippen LogP contribution in [-0.4, -0.2) is 35.8 Å². The fraction of sp³-hybridized carbons (Fsp3) is 0.769. The van der Waals surface area contributed by atoms with Crippen LogP contribution in [0.2, 0.25) is 0 Å². The Balaban J connectivity index is 1.99. The third-order valence-electron chi connectivity index (χ3n) is 3.66. The SMILES string of the molecule is CCNC(Cc1ncc[nH]1)C1CCOCC1C. The van der Waals surface area contributed by atoms with Gasteiger partial charge in [0, 0.05) is 38.1 Å². The van der Waals surface area contributed by atoms with E-state index in [1.54, 1.807) is 0 Å². The summed E-state index contributed by atoms with van der Waals surface area (Å²) in [6, 6.07) is 0.505. The van der Waals surface area contributed by atoms with Gasteiger partial charge in [-0.3, -0.25) is 0 Å². The zero-order valence-electron chi connectivity index (χ0n) is 10.8. The monoisotopic (exact) mass is 237 g/mol. The predicted molar refractivity (Wildman–Crippen MR) is 67.8 cm³/mol. The normalized spacial score (nSPS) is 26.9. The van der Waals surface area contributed by atoms with Gasteiger partial charge in [0.05, 0.1) is 0 Å². The van der Waals surface area contributed by atoms with Gasteiger partial charge in [-0.05, 0) is 24.8 Å². The van der Waals surface area contributed by atoms with E-state index in [0.717, 1.165) is 38.4 Å². The van der Waals surface area contributed by atoms with Crippen molar-refractivity contribution >= 4 is 0 Å². The summed E-state index contributed by atoms with van der Waals surface area (Å²) in [7, 11) is 0. The van der Waals surface area contributed by atoms with E-state index in [1.165, 1.54) is 0 Å². The summed E-state index contributed by atoms with van der Waals surface area (Å²) < 4.78 is 5.52. The van der Waals surface area contributed by atoms with Gasteiger partial charge in [0.15, 0.2) is 0 Å². The lowest BCUT2D eigenvalue weighted by Gasteiger charge is -2.35. The maximum atomic E-state index is 5.52. The first-order valence-corrected chi connectivity index (χ1v) is 6.60. The molecule has 4 heteroatoms. The number of hydrogen-bond donors (Lipinski definition) is 2. The van der Waals surface area contributed by atoms with Crippen LogP contribution in [0.3, 0.4) is 0 Å². The van der Waals surface area contributed by atoms with Crippen molar-refractivity contribution in [1.29, 1.82) is 0 Å². The lowest BCUT2D eigenvalue weighted by molar-refractivity contribution is 0.0109. The number of H-pyrrole nitrogens is 1. The molecule has 0 radical (unpaired) electrons. The number of aromatic amines is 1. The Hall–Kier alpha value is -0.870. The highest BCUT2D eigenvalue weighted by Gasteiger charge is 2.29. The fourth-order valence-electron chi connectivity index (χ4n) is 2.75. The van der Waals surface area contributed by atoms with Gasteiger partial charge in [0.1, 0.15) is 5.82 Å². The highest BCUT2D eigenvalue weighted by molar-refractivity contribution is 4.94. The van der Waals surface area contributed by atoms with Crippen LogP contribution in [0.5, 0.6) is 0 Å². The van der Waals surface area contributed by atoms with Crippen LogP contribution in [0.4, 0.5) is 0 Å². The zero-order valence-corrected chi connectivity index (χ0v) is 10.8. The van der Waals surface area contributed by atoms with Gasteiger partial charge < -0.3 is 15.0 Å². The van der Waals surface area contributed by atoms with Crippen molar-refractivity contribution in [2.75, 3.05) is 19.8 Å². The molecule has 1 aliphatic heterocycles. The average molecular weight is 237 g/mol. The van der Waals surface area contributed by atoms with Crippen LogP contribution in [0.15, 0.2) is 12.4 Å². The first-order chi connectivity index (χ1) is 8.31. The Morgan fingerprint density at radius 3 is 3.18 bits per heavy atom. The standard InChI is InChI=1S/C13H23N3O/c1-3-14-12(8-13-15-5-6-16-13)11-4-7-17-9-10(11)2/h5-6,10-12,14H,3-4,7-9H2,1-2H3,(H,15,16). The molecule has 0 saturated carbocycles. The Morgan fingerprint density at radius 2 is 2.53 bits per heavy atom. The van der Waals surface area contributed by atoms with E-state index >= 15 is 0 Å². The van der Waals surface area contributed by atoms with Crippen molar-refractivity contribution in [3.05, 3.63) is 18.2 Å². The van der Waals surface area contributed by atoms with Gasteiger partial charge in [-0.15, -0.1) is 0 Å². The first kappa shape index (κ1) is 12.6. The Morgan fingerprint density at radius 1 is 1.65 bits per heavy atom. The quantitative estimate of drug-likeness (QED) is 0.818. The second-order valence-corrected chi connectivity index (χ2v) is 4.91. The Bertz CT molecular complexity index is 312. The van der Waals surface area contributed by atoms with Gasteiger partial charge in [-0.2, -0.15) is 0 Å². The minimum absolute atomic E-state index is 0.505. The van der Waals surface area contributed by atoms with Gasteiger partial charge in [0.2, 0.25) is 0 Å². The second kappa shape index (κ2) is 6.17. The largest absolute Gasteiger partial charge is 0.381 e. The van der Waals surface area contributed by atoms with Crippen molar-refractivity contribution in [3.8, 4) is 0 Å².